The quantitative estimate of drug-likeness (QED) is 0.659. The van der Waals surface area contributed by atoms with E-state index in [1.165, 1.54) is 6.20 Å². The van der Waals surface area contributed by atoms with E-state index in [2.05, 4.69) is 31.1 Å². The first-order chi connectivity index (χ1) is 10.0. The van der Waals surface area contributed by atoms with Crippen molar-refractivity contribution in [3.8, 4) is 23.0 Å². The van der Waals surface area contributed by atoms with Crippen molar-refractivity contribution in [3.63, 3.8) is 0 Å². The Kier molecular flexibility index (Phi) is 3.84. The lowest BCUT2D eigenvalue weighted by atomic mass is 10.2. The highest BCUT2D eigenvalue weighted by Crippen LogP contribution is 2.30. The number of nitrogens with two attached hydrogens (primary N) is 1. The third kappa shape index (κ3) is 2.88. The first kappa shape index (κ1) is 14.3. The minimum Gasteiger partial charge on any atom is -0.398 e. The van der Waals surface area contributed by atoms with E-state index < -0.39 is 0 Å². The number of anilines is 1. The van der Waals surface area contributed by atoms with Gasteiger partial charge < -0.3 is 10.3 Å². The highest BCUT2D eigenvalue weighted by molar-refractivity contribution is 9.10. The van der Waals surface area contributed by atoms with Crippen LogP contribution < -0.4 is 5.73 Å². The minimum absolute atomic E-state index is 0.285. The molecule has 0 unspecified atom stereocenters. The molecule has 0 aliphatic heterocycles. The van der Waals surface area contributed by atoms with Crippen molar-refractivity contribution >= 4 is 44.8 Å². The van der Waals surface area contributed by atoms with Crippen molar-refractivity contribution in [1.82, 2.24) is 15.1 Å². The van der Waals surface area contributed by atoms with Gasteiger partial charge in [-0.05, 0) is 40.2 Å². The summed E-state index contributed by atoms with van der Waals surface area (Å²) in [6, 6.07) is 6.92. The first-order valence-corrected chi connectivity index (χ1v) is 7.30. The monoisotopic (exact) mass is 384 g/mol. The Labute approximate surface area is 138 Å². The maximum absolute atomic E-state index is 6.07. The van der Waals surface area contributed by atoms with Crippen molar-refractivity contribution in [2.24, 2.45) is 0 Å². The van der Waals surface area contributed by atoms with E-state index in [1.807, 2.05) is 12.1 Å². The van der Waals surface area contributed by atoms with Crippen LogP contribution in [0.4, 0.5) is 5.69 Å². The first-order valence-electron chi connectivity index (χ1n) is 5.75. The summed E-state index contributed by atoms with van der Waals surface area (Å²) >= 11 is 15.2. The number of nitrogen functional groups attached to an aromatic ring is 1. The third-order valence-electron chi connectivity index (χ3n) is 2.69. The van der Waals surface area contributed by atoms with Gasteiger partial charge in [0.25, 0.3) is 5.89 Å². The fourth-order valence-electron chi connectivity index (χ4n) is 1.69. The van der Waals surface area contributed by atoms with Gasteiger partial charge in [-0.3, -0.25) is 0 Å². The summed E-state index contributed by atoms with van der Waals surface area (Å²) < 4.78 is 6.02. The molecule has 3 rings (SSSR count). The topological polar surface area (TPSA) is 77.8 Å². The van der Waals surface area contributed by atoms with Gasteiger partial charge in [-0.15, -0.1) is 0 Å². The summed E-state index contributed by atoms with van der Waals surface area (Å²) in [4.78, 5) is 8.38. The molecule has 1 aromatic carbocycles. The Bertz CT molecular complexity index is 822. The molecule has 3 aromatic rings. The van der Waals surface area contributed by atoms with Gasteiger partial charge >= 0.3 is 0 Å². The number of pyridine rings is 1. The summed E-state index contributed by atoms with van der Waals surface area (Å²) in [5.74, 6) is 0.616. The second-order valence-electron chi connectivity index (χ2n) is 4.14. The zero-order valence-electron chi connectivity index (χ0n) is 10.3. The van der Waals surface area contributed by atoms with Crippen LogP contribution in [0.3, 0.4) is 0 Å². The second-order valence-corrected chi connectivity index (χ2v) is 5.84. The lowest BCUT2D eigenvalue weighted by Crippen LogP contribution is -1.89. The SMILES string of the molecule is Nc1cc(-c2nc(-c3ncc(Cl)cc3Cl)no2)ccc1Br. The molecule has 0 amide bonds. The highest BCUT2D eigenvalue weighted by Gasteiger charge is 2.15. The Morgan fingerprint density at radius 1 is 1.19 bits per heavy atom. The maximum Gasteiger partial charge on any atom is 0.258 e. The number of benzene rings is 1. The number of aromatic nitrogens is 3. The molecule has 0 atom stereocenters. The fourth-order valence-corrected chi connectivity index (χ4v) is 2.40. The maximum atomic E-state index is 6.07. The normalized spacial score (nSPS) is 10.8. The lowest BCUT2D eigenvalue weighted by Gasteiger charge is -1.99. The van der Waals surface area contributed by atoms with Gasteiger partial charge in [-0.2, -0.15) is 4.98 Å². The van der Waals surface area contributed by atoms with Crippen molar-refractivity contribution in [2.75, 3.05) is 5.73 Å². The van der Waals surface area contributed by atoms with Gasteiger partial charge in [0.15, 0.2) is 0 Å². The van der Waals surface area contributed by atoms with Crippen molar-refractivity contribution in [2.45, 2.75) is 0 Å². The van der Waals surface area contributed by atoms with Crippen LogP contribution in [-0.4, -0.2) is 15.1 Å². The smallest absolute Gasteiger partial charge is 0.258 e. The highest BCUT2D eigenvalue weighted by atomic mass is 79.9. The average Bonchev–Trinajstić information content (AvgIpc) is 2.91. The third-order valence-corrected chi connectivity index (χ3v) is 3.91. The van der Waals surface area contributed by atoms with Crippen LogP contribution >= 0.6 is 39.1 Å². The Balaban J connectivity index is 2.01. The Morgan fingerprint density at radius 2 is 2.00 bits per heavy atom. The molecule has 2 heterocycles. The van der Waals surface area contributed by atoms with Crippen molar-refractivity contribution in [3.05, 3.63) is 45.0 Å². The van der Waals surface area contributed by atoms with Crippen LogP contribution in [0.25, 0.3) is 23.0 Å². The molecule has 0 aliphatic carbocycles. The number of nitrogens with zero attached hydrogens (tertiary/aromatic N) is 3. The molecule has 106 valence electrons. The summed E-state index contributed by atoms with van der Waals surface area (Å²) in [7, 11) is 0. The molecule has 8 heteroatoms. The summed E-state index contributed by atoms with van der Waals surface area (Å²) in [6.45, 7) is 0. The summed E-state index contributed by atoms with van der Waals surface area (Å²) in [6.07, 6.45) is 1.47. The molecular formula is C13H7BrCl2N4O. The minimum atomic E-state index is 0.285. The van der Waals surface area contributed by atoms with Gasteiger partial charge in [0.1, 0.15) is 5.69 Å². The number of hydrogen-bond donors (Lipinski definition) is 1. The Morgan fingerprint density at radius 3 is 2.71 bits per heavy atom. The van der Waals surface area contributed by atoms with E-state index in [0.717, 1.165) is 4.47 Å². The van der Waals surface area contributed by atoms with Gasteiger partial charge in [0.2, 0.25) is 5.82 Å². The molecule has 0 fully saturated rings. The Hall–Kier alpha value is -1.63. The second kappa shape index (κ2) is 5.63. The zero-order chi connectivity index (χ0) is 15.0. The van der Waals surface area contributed by atoms with E-state index in [1.54, 1.807) is 12.1 Å². The molecule has 0 saturated carbocycles. The molecule has 0 saturated heterocycles. The summed E-state index contributed by atoms with van der Waals surface area (Å²) in [5, 5.41) is 4.67. The predicted molar refractivity (Wildman–Crippen MR) is 85.1 cm³/mol. The molecule has 0 aliphatic rings. The molecule has 0 radical (unpaired) electrons. The van der Waals surface area contributed by atoms with Gasteiger partial charge in [-0.25, -0.2) is 4.98 Å². The number of rotatable bonds is 2. The van der Waals surface area contributed by atoms with Crippen molar-refractivity contribution < 1.29 is 4.52 Å². The predicted octanol–water partition coefficient (Wildman–Crippen LogP) is 4.45. The standard InChI is InChI=1S/C13H7BrCl2N4O/c14-8-2-1-6(3-10(8)17)13-19-12(20-21-13)11-9(16)4-7(15)5-18-11/h1-5H,17H2. The number of hydrogen-bond acceptors (Lipinski definition) is 5. The van der Waals surface area contributed by atoms with E-state index in [9.17, 15) is 0 Å². The van der Waals surface area contributed by atoms with E-state index in [0.29, 0.717) is 32.9 Å². The van der Waals surface area contributed by atoms with E-state index in [-0.39, 0.29) is 5.82 Å². The van der Waals surface area contributed by atoms with Crippen molar-refractivity contribution in [1.29, 1.82) is 0 Å². The van der Waals surface area contributed by atoms with Crippen LogP contribution in [0, 0.1) is 0 Å². The van der Waals surface area contributed by atoms with Crippen LogP contribution in [0.15, 0.2) is 39.5 Å². The molecule has 0 bridgehead atoms. The van der Waals surface area contributed by atoms with Crippen LogP contribution in [0.5, 0.6) is 0 Å². The lowest BCUT2D eigenvalue weighted by molar-refractivity contribution is 0.432. The van der Waals surface area contributed by atoms with E-state index >= 15 is 0 Å². The fraction of sp³-hybridized carbons (Fsp3) is 0. The van der Waals surface area contributed by atoms with E-state index in [4.69, 9.17) is 33.5 Å². The van der Waals surface area contributed by atoms with Gasteiger partial charge in [-0.1, -0.05) is 28.4 Å². The molecule has 0 spiro atoms. The van der Waals surface area contributed by atoms with Gasteiger partial charge in [0, 0.05) is 21.9 Å². The van der Waals surface area contributed by atoms with Gasteiger partial charge in [0.05, 0.1) is 10.0 Å². The van der Waals surface area contributed by atoms with Crippen LogP contribution in [0.1, 0.15) is 0 Å². The average molecular weight is 386 g/mol. The molecular weight excluding hydrogens is 379 g/mol. The zero-order valence-corrected chi connectivity index (χ0v) is 13.4. The van der Waals surface area contributed by atoms with Crippen LogP contribution in [-0.2, 0) is 0 Å². The summed E-state index contributed by atoms with van der Waals surface area (Å²) in [5.41, 5.74) is 7.52. The van der Waals surface area contributed by atoms with Crippen LogP contribution in [0.2, 0.25) is 10.0 Å². The molecule has 5 nitrogen and oxygen atoms in total. The largest absolute Gasteiger partial charge is 0.398 e. The molecule has 2 aromatic heterocycles. The molecule has 21 heavy (non-hydrogen) atoms. The molecule has 2 N–H and O–H groups in total. The number of halogens is 3.